The molecule has 0 amide bonds. The highest BCUT2D eigenvalue weighted by Crippen LogP contribution is 2.34. The van der Waals surface area contributed by atoms with E-state index < -0.39 is 0 Å². The maximum Gasteiger partial charge on any atom is 0.130 e. The van der Waals surface area contributed by atoms with Crippen molar-refractivity contribution in [1.29, 1.82) is 0 Å². The minimum Gasteiger partial charge on any atom is -0.297 e. The molecular formula is C26H31N5S. The smallest absolute Gasteiger partial charge is 0.130 e. The lowest BCUT2D eigenvalue weighted by Crippen LogP contribution is -2.29. The number of aryl methyl sites for hydroxylation is 3. The molecule has 1 saturated heterocycles. The first-order chi connectivity index (χ1) is 15.6. The molecule has 6 heteroatoms. The van der Waals surface area contributed by atoms with E-state index in [2.05, 4.69) is 78.6 Å². The summed E-state index contributed by atoms with van der Waals surface area (Å²) in [5.41, 5.74) is 7.24. The van der Waals surface area contributed by atoms with Crippen LogP contribution in [-0.2, 0) is 13.0 Å². The van der Waals surface area contributed by atoms with Crippen LogP contribution in [0.15, 0.2) is 42.6 Å². The number of likely N-dealkylation sites (tertiary alicyclic amines) is 1. The molecule has 3 heterocycles. The molecule has 32 heavy (non-hydrogen) atoms. The summed E-state index contributed by atoms with van der Waals surface area (Å²) in [7, 11) is 0. The van der Waals surface area contributed by atoms with E-state index in [-0.39, 0.29) is 6.04 Å². The number of fused-ring (bicyclic) bond motifs is 1. The van der Waals surface area contributed by atoms with Gasteiger partial charge in [-0.25, -0.2) is 9.67 Å². The fourth-order valence-electron chi connectivity index (χ4n) is 4.53. The summed E-state index contributed by atoms with van der Waals surface area (Å²) in [6, 6.07) is 13.2. The number of hydrogen-bond donors (Lipinski definition) is 0. The van der Waals surface area contributed by atoms with Crippen molar-refractivity contribution in [3.8, 4) is 0 Å². The predicted molar refractivity (Wildman–Crippen MR) is 131 cm³/mol. The van der Waals surface area contributed by atoms with Crippen molar-refractivity contribution < 1.29 is 0 Å². The normalized spacial score (nSPS) is 16.0. The van der Waals surface area contributed by atoms with Crippen LogP contribution in [0.25, 0.3) is 10.2 Å². The van der Waals surface area contributed by atoms with Crippen molar-refractivity contribution in [3.05, 3.63) is 75.6 Å². The number of rotatable bonds is 6. The Hall–Kier alpha value is -2.57. The fraction of sp³-hybridized carbons (Fsp3) is 0.423. The molecule has 0 spiro atoms. The Morgan fingerprint density at radius 1 is 1.00 bits per heavy atom. The second-order valence-electron chi connectivity index (χ2n) is 8.98. The number of hydrogen-bond acceptors (Lipinski definition) is 5. The van der Waals surface area contributed by atoms with E-state index in [1.165, 1.54) is 46.2 Å². The minimum atomic E-state index is -0.0700. The third-order valence-electron chi connectivity index (χ3n) is 6.61. The average molecular weight is 446 g/mol. The Balaban J connectivity index is 1.54. The zero-order valence-corrected chi connectivity index (χ0v) is 20.0. The van der Waals surface area contributed by atoms with E-state index in [1.54, 1.807) is 11.3 Å². The van der Waals surface area contributed by atoms with Crippen molar-refractivity contribution >= 4 is 21.6 Å². The first-order valence-corrected chi connectivity index (χ1v) is 12.5. The molecule has 2 aromatic carbocycles. The Morgan fingerprint density at radius 2 is 1.84 bits per heavy atom. The molecule has 2 aromatic heterocycles. The van der Waals surface area contributed by atoms with Gasteiger partial charge in [-0.1, -0.05) is 42.8 Å². The number of benzene rings is 2. The summed E-state index contributed by atoms with van der Waals surface area (Å²) in [6.45, 7) is 9.71. The molecule has 0 bridgehead atoms. The second-order valence-corrected chi connectivity index (χ2v) is 10.0. The van der Waals surface area contributed by atoms with Crippen molar-refractivity contribution in [1.82, 2.24) is 24.9 Å². The van der Waals surface area contributed by atoms with Gasteiger partial charge in [-0.05, 0) is 80.6 Å². The van der Waals surface area contributed by atoms with Gasteiger partial charge in [0, 0.05) is 6.54 Å². The average Bonchev–Trinajstić information content (AvgIpc) is 3.43. The van der Waals surface area contributed by atoms with Gasteiger partial charge in [0.1, 0.15) is 11.0 Å². The Bertz CT molecular complexity index is 1220. The molecule has 166 valence electrons. The van der Waals surface area contributed by atoms with Gasteiger partial charge in [0.15, 0.2) is 0 Å². The highest BCUT2D eigenvalue weighted by molar-refractivity contribution is 7.18. The SMILES string of the molecule is CCc1ccc2nc(C(c3ccc(C)c(C)c3)n3cc(CN4CCCCC4)nn3)sc2c1. The molecule has 5 nitrogen and oxygen atoms in total. The van der Waals surface area contributed by atoms with Crippen molar-refractivity contribution in [3.63, 3.8) is 0 Å². The molecular weight excluding hydrogens is 414 g/mol. The van der Waals surface area contributed by atoms with Gasteiger partial charge in [-0.15, -0.1) is 16.4 Å². The molecule has 0 aliphatic carbocycles. The van der Waals surface area contributed by atoms with Gasteiger partial charge < -0.3 is 0 Å². The van der Waals surface area contributed by atoms with E-state index in [4.69, 9.17) is 4.98 Å². The van der Waals surface area contributed by atoms with E-state index >= 15 is 0 Å². The number of aromatic nitrogens is 4. The third kappa shape index (κ3) is 4.34. The second kappa shape index (κ2) is 9.12. The number of nitrogens with zero attached hydrogens (tertiary/aromatic N) is 5. The quantitative estimate of drug-likeness (QED) is 0.382. The van der Waals surface area contributed by atoms with Crippen LogP contribution in [0.5, 0.6) is 0 Å². The lowest BCUT2D eigenvalue weighted by Gasteiger charge is -2.25. The minimum absolute atomic E-state index is 0.0700. The van der Waals surface area contributed by atoms with Crippen LogP contribution < -0.4 is 0 Å². The Morgan fingerprint density at radius 3 is 2.62 bits per heavy atom. The fourth-order valence-corrected chi connectivity index (χ4v) is 5.68. The largest absolute Gasteiger partial charge is 0.297 e. The van der Waals surface area contributed by atoms with Crippen LogP contribution in [0, 0.1) is 13.8 Å². The Kier molecular flexibility index (Phi) is 6.07. The summed E-state index contributed by atoms with van der Waals surface area (Å²) in [5, 5.41) is 10.2. The van der Waals surface area contributed by atoms with Gasteiger partial charge in [0.05, 0.1) is 22.1 Å². The van der Waals surface area contributed by atoms with Gasteiger partial charge in [-0.2, -0.15) is 0 Å². The van der Waals surface area contributed by atoms with E-state index in [1.807, 2.05) is 4.68 Å². The molecule has 1 aliphatic heterocycles. The first kappa shape index (κ1) is 21.3. The van der Waals surface area contributed by atoms with Gasteiger partial charge in [0.25, 0.3) is 0 Å². The summed E-state index contributed by atoms with van der Waals surface area (Å²) in [4.78, 5) is 7.53. The van der Waals surface area contributed by atoms with Gasteiger partial charge in [-0.3, -0.25) is 4.90 Å². The predicted octanol–water partition coefficient (Wildman–Crippen LogP) is 5.69. The zero-order chi connectivity index (χ0) is 22.1. The van der Waals surface area contributed by atoms with Crippen molar-refractivity contribution in [2.45, 2.75) is 59.0 Å². The van der Waals surface area contributed by atoms with Crippen LogP contribution in [0.1, 0.15) is 65.2 Å². The topological polar surface area (TPSA) is 46.8 Å². The molecule has 0 N–H and O–H groups in total. The number of thiazole rings is 1. The molecule has 1 atom stereocenters. The molecule has 1 aliphatic rings. The summed E-state index contributed by atoms with van der Waals surface area (Å²) < 4.78 is 3.25. The van der Waals surface area contributed by atoms with Gasteiger partial charge >= 0.3 is 0 Å². The van der Waals surface area contributed by atoms with E-state index in [0.29, 0.717) is 0 Å². The summed E-state index contributed by atoms with van der Waals surface area (Å²) in [6.07, 6.45) is 7.07. The zero-order valence-electron chi connectivity index (χ0n) is 19.2. The van der Waals surface area contributed by atoms with Crippen LogP contribution in [0.2, 0.25) is 0 Å². The van der Waals surface area contributed by atoms with Crippen LogP contribution in [0.4, 0.5) is 0 Å². The lowest BCUT2D eigenvalue weighted by molar-refractivity contribution is 0.218. The summed E-state index contributed by atoms with van der Waals surface area (Å²) >= 11 is 1.77. The highest BCUT2D eigenvalue weighted by Gasteiger charge is 2.23. The molecule has 0 radical (unpaired) electrons. The molecule has 5 rings (SSSR count). The maximum atomic E-state index is 5.04. The van der Waals surface area contributed by atoms with Crippen LogP contribution in [0.3, 0.4) is 0 Å². The third-order valence-corrected chi connectivity index (χ3v) is 7.69. The maximum absolute atomic E-state index is 5.04. The van der Waals surface area contributed by atoms with Crippen LogP contribution >= 0.6 is 11.3 Å². The van der Waals surface area contributed by atoms with E-state index in [0.717, 1.165) is 42.3 Å². The Labute approximate surface area is 194 Å². The molecule has 0 saturated carbocycles. The number of piperidine rings is 1. The monoisotopic (exact) mass is 445 g/mol. The summed E-state index contributed by atoms with van der Waals surface area (Å²) in [5.74, 6) is 0. The van der Waals surface area contributed by atoms with Crippen molar-refractivity contribution in [2.75, 3.05) is 13.1 Å². The molecule has 4 aromatic rings. The lowest BCUT2D eigenvalue weighted by atomic mass is 10.0. The van der Waals surface area contributed by atoms with Crippen LogP contribution in [-0.4, -0.2) is 38.0 Å². The molecule has 1 unspecified atom stereocenters. The first-order valence-electron chi connectivity index (χ1n) is 11.7. The van der Waals surface area contributed by atoms with Gasteiger partial charge in [0.2, 0.25) is 0 Å². The van der Waals surface area contributed by atoms with Crippen molar-refractivity contribution in [2.24, 2.45) is 0 Å². The van der Waals surface area contributed by atoms with E-state index in [9.17, 15) is 0 Å². The highest BCUT2D eigenvalue weighted by atomic mass is 32.1. The molecule has 1 fully saturated rings. The standard InChI is InChI=1S/C26H31N5S/c1-4-20-9-11-23-24(15-20)32-26(27-23)25(21-10-8-18(2)19(3)14-21)31-17-22(28-29-31)16-30-12-6-5-7-13-30/h8-11,14-15,17,25H,4-7,12-13,16H2,1-3H3.